The topological polar surface area (TPSA) is 37.4 Å². The fourth-order valence-electron chi connectivity index (χ4n) is 2.21. The number of benzene rings is 1. The Morgan fingerprint density at radius 3 is 2.52 bits per heavy atom. The molecular weight excluding hydrogens is 374 g/mol. The average molecular weight is 395 g/mol. The van der Waals surface area contributed by atoms with Gasteiger partial charge < -0.3 is 0 Å². The van der Waals surface area contributed by atoms with Crippen LogP contribution in [-0.4, -0.2) is 25.3 Å². The maximum absolute atomic E-state index is 12.9. The minimum absolute atomic E-state index is 0.174. The monoisotopic (exact) mass is 393 g/mol. The molecule has 0 spiro atoms. The predicted octanol–water partition coefficient (Wildman–Crippen LogP) is 4.39. The maximum atomic E-state index is 12.9. The van der Waals surface area contributed by atoms with Crippen LogP contribution in [0.4, 0.5) is 0 Å². The van der Waals surface area contributed by atoms with Gasteiger partial charge in [-0.3, -0.25) is 0 Å². The van der Waals surface area contributed by atoms with Crippen LogP contribution in [0, 0.1) is 5.92 Å². The second-order valence-corrected chi connectivity index (χ2v) is 8.91. The highest BCUT2D eigenvalue weighted by Gasteiger charge is 2.38. The molecule has 0 atom stereocenters. The summed E-state index contributed by atoms with van der Waals surface area (Å²) < 4.78 is 28.1. The van der Waals surface area contributed by atoms with Gasteiger partial charge in [0.1, 0.15) is 0 Å². The Balaban J connectivity index is 2.29. The molecule has 1 saturated carbocycles. The molecule has 0 radical (unpaired) electrons. The standard InChI is InChI=1S/C15H21BrClNO2S/c1-11(2)7-8-18(13-4-5-13)21(19,20)15-6-3-12(10-17)9-14(15)16/h3,6,9,11,13H,4-5,7-8,10H2,1-2H3. The first-order valence-electron chi connectivity index (χ1n) is 7.22. The van der Waals surface area contributed by atoms with E-state index in [0.29, 0.717) is 27.7 Å². The quantitative estimate of drug-likeness (QED) is 0.643. The number of alkyl halides is 1. The number of sulfonamides is 1. The summed E-state index contributed by atoms with van der Waals surface area (Å²) in [6, 6.07) is 5.39. The first kappa shape index (κ1) is 17.3. The van der Waals surface area contributed by atoms with Crippen molar-refractivity contribution >= 4 is 37.6 Å². The molecule has 0 saturated heterocycles. The summed E-state index contributed by atoms with van der Waals surface area (Å²) in [4.78, 5) is 0.340. The summed E-state index contributed by atoms with van der Waals surface area (Å²) in [5.74, 6) is 0.863. The van der Waals surface area contributed by atoms with Crippen LogP contribution in [0.2, 0.25) is 0 Å². The minimum atomic E-state index is -3.45. The van der Waals surface area contributed by atoms with Crippen LogP contribution in [0.5, 0.6) is 0 Å². The summed E-state index contributed by atoms with van der Waals surface area (Å²) >= 11 is 9.17. The highest BCUT2D eigenvalue weighted by molar-refractivity contribution is 9.10. The van der Waals surface area contributed by atoms with Crippen LogP contribution in [0.15, 0.2) is 27.6 Å². The lowest BCUT2D eigenvalue weighted by atomic mass is 10.1. The van der Waals surface area contributed by atoms with Gasteiger partial charge in [0.15, 0.2) is 0 Å². The molecule has 0 aliphatic heterocycles. The normalized spacial score (nSPS) is 15.9. The fraction of sp³-hybridized carbons (Fsp3) is 0.600. The van der Waals surface area contributed by atoms with Gasteiger partial charge >= 0.3 is 0 Å². The number of nitrogens with zero attached hydrogens (tertiary/aromatic N) is 1. The van der Waals surface area contributed by atoms with Gasteiger partial charge in [-0.2, -0.15) is 4.31 Å². The molecule has 0 bridgehead atoms. The van der Waals surface area contributed by atoms with Crippen LogP contribution in [0.3, 0.4) is 0 Å². The Morgan fingerprint density at radius 1 is 1.38 bits per heavy atom. The largest absolute Gasteiger partial charge is 0.244 e. The zero-order valence-corrected chi connectivity index (χ0v) is 15.5. The third-order valence-corrected chi connectivity index (χ3v) is 6.86. The number of rotatable bonds is 7. The van der Waals surface area contributed by atoms with E-state index in [1.165, 1.54) is 0 Å². The van der Waals surface area contributed by atoms with E-state index >= 15 is 0 Å². The molecule has 0 N–H and O–H groups in total. The lowest BCUT2D eigenvalue weighted by Crippen LogP contribution is -2.34. The van der Waals surface area contributed by atoms with Crippen molar-refractivity contribution < 1.29 is 8.42 Å². The Labute approximate surface area is 140 Å². The molecule has 0 unspecified atom stereocenters. The summed E-state index contributed by atoms with van der Waals surface area (Å²) in [6.45, 7) is 4.82. The second kappa shape index (κ2) is 6.99. The molecule has 2 rings (SSSR count). The van der Waals surface area contributed by atoms with Crippen molar-refractivity contribution in [3.63, 3.8) is 0 Å². The van der Waals surface area contributed by atoms with Crippen molar-refractivity contribution in [2.75, 3.05) is 6.54 Å². The van der Waals surface area contributed by atoms with E-state index in [4.69, 9.17) is 11.6 Å². The maximum Gasteiger partial charge on any atom is 0.244 e. The molecular formula is C15H21BrClNO2S. The van der Waals surface area contributed by atoms with Crippen molar-refractivity contribution in [1.82, 2.24) is 4.31 Å². The third kappa shape index (κ3) is 4.21. The molecule has 3 nitrogen and oxygen atoms in total. The zero-order valence-electron chi connectivity index (χ0n) is 12.4. The molecule has 1 aliphatic rings. The second-order valence-electron chi connectivity index (χ2n) is 5.93. The van der Waals surface area contributed by atoms with Gasteiger partial charge in [-0.1, -0.05) is 19.9 Å². The molecule has 6 heteroatoms. The first-order chi connectivity index (χ1) is 9.86. The summed E-state index contributed by atoms with van der Waals surface area (Å²) in [5, 5.41) is 0. The number of hydrogen-bond acceptors (Lipinski definition) is 2. The van der Waals surface area contributed by atoms with Gasteiger partial charge in [-0.15, -0.1) is 11.6 Å². The lowest BCUT2D eigenvalue weighted by molar-refractivity contribution is 0.373. The van der Waals surface area contributed by atoms with Crippen LogP contribution < -0.4 is 0 Å². The van der Waals surface area contributed by atoms with Gasteiger partial charge in [0.05, 0.1) is 4.90 Å². The van der Waals surface area contributed by atoms with E-state index in [0.717, 1.165) is 24.8 Å². The van der Waals surface area contributed by atoms with Gasteiger partial charge in [0, 0.05) is 22.9 Å². The van der Waals surface area contributed by atoms with Gasteiger partial charge in [0.2, 0.25) is 10.0 Å². The van der Waals surface area contributed by atoms with Crippen LogP contribution in [0.25, 0.3) is 0 Å². The van der Waals surface area contributed by atoms with Crippen LogP contribution in [-0.2, 0) is 15.9 Å². The molecule has 21 heavy (non-hydrogen) atoms. The Bertz CT molecular complexity index is 600. The summed E-state index contributed by atoms with van der Waals surface area (Å²) in [5.41, 5.74) is 0.905. The molecule has 1 aliphatic carbocycles. The predicted molar refractivity (Wildman–Crippen MR) is 90.1 cm³/mol. The number of hydrogen-bond donors (Lipinski definition) is 0. The van der Waals surface area contributed by atoms with Crippen LogP contribution >= 0.6 is 27.5 Å². The Morgan fingerprint density at radius 2 is 2.05 bits per heavy atom. The Kier molecular flexibility index (Phi) is 5.74. The van der Waals surface area contributed by atoms with E-state index in [9.17, 15) is 8.42 Å². The van der Waals surface area contributed by atoms with Gasteiger partial charge in [-0.25, -0.2) is 8.42 Å². The molecule has 0 aromatic heterocycles. The average Bonchev–Trinajstić information content (AvgIpc) is 3.22. The molecule has 118 valence electrons. The van der Waals surface area contributed by atoms with E-state index in [1.54, 1.807) is 22.5 Å². The van der Waals surface area contributed by atoms with Crippen molar-refractivity contribution in [2.45, 2.75) is 49.9 Å². The van der Waals surface area contributed by atoms with E-state index < -0.39 is 10.0 Å². The van der Waals surface area contributed by atoms with Crippen molar-refractivity contribution in [2.24, 2.45) is 5.92 Å². The third-order valence-electron chi connectivity index (χ3n) is 3.62. The Hall–Kier alpha value is -0.100. The minimum Gasteiger partial charge on any atom is -0.207 e. The molecule has 1 aromatic carbocycles. The molecule has 0 heterocycles. The highest BCUT2D eigenvalue weighted by atomic mass is 79.9. The van der Waals surface area contributed by atoms with Crippen molar-refractivity contribution in [3.8, 4) is 0 Å². The molecule has 1 fully saturated rings. The summed E-state index contributed by atoms with van der Waals surface area (Å²) in [6.07, 6.45) is 2.82. The SMILES string of the molecule is CC(C)CCN(C1CC1)S(=O)(=O)c1ccc(CCl)cc1Br. The summed E-state index contributed by atoms with van der Waals surface area (Å²) in [7, 11) is -3.45. The smallest absolute Gasteiger partial charge is 0.207 e. The first-order valence-corrected chi connectivity index (χ1v) is 9.99. The van der Waals surface area contributed by atoms with Crippen LogP contribution in [0.1, 0.15) is 38.7 Å². The zero-order chi connectivity index (χ0) is 15.6. The van der Waals surface area contributed by atoms with Gasteiger partial charge in [0.25, 0.3) is 0 Å². The number of halogens is 2. The molecule has 1 aromatic rings. The van der Waals surface area contributed by atoms with Crippen molar-refractivity contribution in [1.29, 1.82) is 0 Å². The molecule has 0 amide bonds. The highest BCUT2D eigenvalue weighted by Crippen LogP contribution is 2.35. The lowest BCUT2D eigenvalue weighted by Gasteiger charge is -2.23. The van der Waals surface area contributed by atoms with Gasteiger partial charge in [-0.05, 0) is 58.8 Å². The van der Waals surface area contributed by atoms with Crippen molar-refractivity contribution in [3.05, 3.63) is 28.2 Å². The van der Waals surface area contributed by atoms with E-state index in [1.807, 2.05) is 0 Å². The van der Waals surface area contributed by atoms with E-state index in [-0.39, 0.29) is 6.04 Å². The van der Waals surface area contributed by atoms with E-state index in [2.05, 4.69) is 29.8 Å². The fourth-order valence-corrected chi connectivity index (χ4v) is 5.16.